The number of alkyl halides is 3. The molecule has 138 valence electrons. The molecule has 0 amide bonds. The fraction of sp³-hybridized carbons (Fsp3) is 0.100. The minimum absolute atomic E-state index is 0.358. The van der Waals surface area contributed by atoms with Crippen molar-refractivity contribution in [1.82, 2.24) is 4.98 Å². The van der Waals surface area contributed by atoms with Crippen molar-refractivity contribution >= 4 is 28.7 Å². The monoisotopic (exact) mass is 373 g/mol. The summed E-state index contributed by atoms with van der Waals surface area (Å²) in [5.74, 6) is -1.12. The molecule has 3 aromatic rings. The lowest BCUT2D eigenvalue weighted by atomic mass is 10.1. The second kappa shape index (κ2) is 7.49. The van der Waals surface area contributed by atoms with Gasteiger partial charge in [0.05, 0.1) is 5.56 Å². The Morgan fingerprint density at radius 3 is 2.44 bits per heavy atom. The van der Waals surface area contributed by atoms with Crippen molar-refractivity contribution in [1.29, 1.82) is 0 Å². The molecule has 0 bridgehead atoms. The molecule has 1 heterocycles. The molecule has 0 fully saturated rings. The van der Waals surface area contributed by atoms with Crippen molar-refractivity contribution in [3.63, 3.8) is 0 Å². The lowest BCUT2D eigenvalue weighted by Crippen LogP contribution is -2.12. The third kappa shape index (κ3) is 4.44. The molecule has 0 saturated heterocycles. The summed E-state index contributed by atoms with van der Waals surface area (Å²) in [7, 11) is 0. The number of hydrogen-bond donors (Lipinski definition) is 1. The van der Waals surface area contributed by atoms with Crippen molar-refractivity contribution in [2.45, 2.75) is 6.18 Å². The first-order valence-electron chi connectivity index (χ1n) is 7.96. The number of ether oxygens (including phenoxy) is 1. The molecule has 27 heavy (non-hydrogen) atoms. The predicted molar refractivity (Wildman–Crippen MR) is 94.1 cm³/mol. The first kappa shape index (κ1) is 18.4. The molecule has 1 N–H and O–H groups in total. The molecule has 3 rings (SSSR count). The fourth-order valence-electron chi connectivity index (χ4n) is 2.51. The highest BCUT2D eigenvalue weighted by molar-refractivity contribution is 6.09. The van der Waals surface area contributed by atoms with Gasteiger partial charge in [0.15, 0.2) is 6.61 Å². The zero-order chi connectivity index (χ0) is 19.4. The summed E-state index contributed by atoms with van der Waals surface area (Å²) in [6, 6.07) is 11.6. The Balaban J connectivity index is 1.58. The SMILES string of the molecule is O=C(/C=C/c1ccc(C(F)(F)F)cc1)OCC(=O)c1c[nH]c2ccccc12. The van der Waals surface area contributed by atoms with Crippen LogP contribution in [-0.2, 0) is 15.7 Å². The summed E-state index contributed by atoms with van der Waals surface area (Å²) in [5.41, 5.74) is 0.856. The average molecular weight is 373 g/mol. The van der Waals surface area contributed by atoms with Crippen LogP contribution in [0.5, 0.6) is 0 Å². The van der Waals surface area contributed by atoms with Crippen LogP contribution in [0.25, 0.3) is 17.0 Å². The standard InChI is InChI=1S/C20H14F3NO3/c21-20(22,23)14-8-5-13(6-9-14)7-10-19(26)27-12-18(25)16-11-24-17-4-2-1-3-15(16)17/h1-11,24H,12H2/b10-7+. The topological polar surface area (TPSA) is 59.2 Å². The van der Waals surface area contributed by atoms with E-state index in [0.29, 0.717) is 11.1 Å². The Morgan fingerprint density at radius 2 is 1.74 bits per heavy atom. The van der Waals surface area contributed by atoms with Crippen LogP contribution in [0, 0.1) is 0 Å². The summed E-state index contributed by atoms with van der Waals surface area (Å²) in [6.45, 7) is -0.433. The van der Waals surface area contributed by atoms with E-state index in [9.17, 15) is 22.8 Å². The van der Waals surface area contributed by atoms with Crippen LogP contribution < -0.4 is 0 Å². The van der Waals surface area contributed by atoms with Crippen LogP contribution >= 0.6 is 0 Å². The molecule has 0 aliphatic carbocycles. The Kier molecular flexibility index (Phi) is 5.12. The van der Waals surface area contributed by atoms with E-state index in [2.05, 4.69) is 4.98 Å². The minimum Gasteiger partial charge on any atom is -0.454 e. The second-order valence-electron chi connectivity index (χ2n) is 5.73. The van der Waals surface area contributed by atoms with Gasteiger partial charge in [0.25, 0.3) is 0 Å². The van der Waals surface area contributed by atoms with Gasteiger partial charge in [0, 0.05) is 28.7 Å². The van der Waals surface area contributed by atoms with Gasteiger partial charge in [0.2, 0.25) is 5.78 Å². The van der Waals surface area contributed by atoms with Gasteiger partial charge in [0.1, 0.15) is 0 Å². The lowest BCUT2D eigenvalue weighted by Gasteiger charge is -2.05. The number of halogens is 3. The number of fused-ring (bicyclic) bond motifs is 1. The van der Waals surface area contributed by atoms with Gasteiger partial charge in [-0.1, -0.05) is 30.3 Å². The first-order chi connectivity index (χ1) is 12.8. The Labute approximate surface area is 152 Å². The molecule has 0 saturated carbocycles. The molecule has 0 radical (unpaired) electrons. The normalized spacial score (nSPS) is 11.8. The maximum atomic E-state index is 12.5. The molecule has 4 nitrogen and oxygen atoms in total. The van der Waals surface area contributed by atoms with Gasteiger partial charge in [-0.3, -0.25) is 4.79 Å². The van der Waals surface area contributed by atoms with Gasteiger partial charge in [-0.2, -0.15) is 13.2 Å². The van der Waals surface area contributed by atoms with Crippen molar-refractivity contribution in [2.75, 3.05) is 6.61 Å². The minimum atomic E-state index is -4.41. The van der Waals surface area contributed by atoms with E-state index in [1.165, 1.54) is 18.2 Å². The number of hydrogen-bond acceptors (Lipinski definition) is 3. The Hall–Kier alpha value is -3.35. The van der Waals surface area contributed by atoms with E-state index in [-0.39, 0.29) is 5.78 Å². The van der Waals surface area contributed by atoms with Crippen LogP contribution in [0.1, 0.15) is 21.5 Å². The molecule has 0 aliphatic heterocycles. The molecule has 1 aromatic heterocycles. The third-order valence-electron chi connectivity index (χ3n) is 3.89. The van der Waals surface area contributed by atoms with Crippen molar-refractivity contribution in [2.24, 2.45) is 0 Å². The molecule has 0 spiro atoms. The van der Waals surface area contributed by atoms with Crippen molar-refractivity contribution in [3.05, 3.63) is 77.5 Å². The van der Waals surface area contributed by atoms with Crippen LogP contribution in [-0.4, -0.2) is 23.3 Å². The fourth-order valence-corrected chi connectivity index (χ4v) is 2.51. The van der Waals surface area contributed by atoms with Gasteiger partial charge >= 0.3 is 12.1 Å². The van der Waals surface area contributed by atoms with Crippen LogP contribution in [0.4, 0.5) is 13.2 Å². The van der Waals surface area contributed by atoms with Gasteiger partial charge in [-0.05, 0) is 29.8 Å². The van der Waals surface area contributed by atoms with E-state index >= 15 is 0 Å². The zero-order valence-corrected chi connectivity index (χ0v) is 13.9. The van der Waals surface area contributed by atoms with E-state index in [1.54, 1.807) is 18.3 Å². The van der Waals surface area contributed by atoms with Crippen molar-refractivity contribution in [3.8, 4) is 0 Å². The maximum absolute atomic E-state index is 12.5. The summed E-state index contributed by atoms with van der Waals surface area (Å²) < 4.78 is 42.4. The number of ketones is 1. The number of para-hydroxylation sites is 1. The van der Waals surface area contributed by atoms with Crippen LogP contribution in [0.3, 0.4) is 0 Å². The van der Waals surface area contributed by atoms with E-state index in [4.69, 9.17) is 4.74 Å². The van der Waals surface area contributed by atoms with Gasteiger partial charge < -0.3 is 9.72 Å². The molecule has 0 aliphatic rings. The number of H-pyrrole nitrogens is 1. The molecular formula is C20H14F3NO3. The number of benzene rings is 2. The highest BCUT2D eigenvalue weighted by atomic mass is 19.4. The number of carbonyl (C=O) groups excluding carboxylic acids is 2. The number of aromatic amines is 1. The maximum Gasteiger partial charge on any atom is 0.416 e. The molecule has 0 atom stereocenters. The number of aromatic nitrogens is 1. The molecule has 0 unspecified atom stereocenters. The number of esters is 1. The Bertz CT molecular complexity index is 1000. The summed E-state index contributed by atoms with van der Waals surface area (Å²) in [5, 5.41) is 0.735. The third-order valence-corrected chi connectivity index (χ3v) is 3.89. The molecule has 2 aromatic carbocycles. The largest absolute Gasteiger partial charge is 0.454 e. The quantitative estimate of drug-likeness (QED) is 0.403. The predicted octanol–water partition coefficient (Wildman–Crippen LogP) is 4.63. The van der Waals surface area contributed by atoms with Crippen LogP contribution in [0.15, 0.2) is 60.8 Å². The van der Waals surface area contributed by atoms with E-state index in [0.717, 1.165) is 29.1 Å². The van der Waals surface area contributed by atoms with Crippen LogP contribution in [0.2, 0.25) is 0 Å². The highest BCUT2D eigenvalue weighted by Crippen LogP contribution is 2.29. The van der Waals surface area contributed by atoms with E-state index < -0.39 is 24.3 Å². The van der Waals surface area contributed by atoms with Gasteiger partial charge in [-0.15, -0.1) is 0 Å². The zero-order valence-electron chi connectivity index (χ0n) is 13.9. The summed E-state index contributed by atoms with van der Waals surface area (Å²) in [4.78, 5) is 26.9. The Morgan fingerprint density at radius 1 is 1.04 bits per heavy atom. The van der Waals surface area contributed by atoms with Gasteiger partial charge in [-0.25, -0.2) is 4.79 Å². The number of nitrogens with one attached hydrogen (secondary N) is 1. The smallest absolute Gasteiger partial charge is 0.416 e. The summed E-state index contributed by atoms with van der Waals surface area (Å²) in [6.07, 6.45) is -0.480. The number of Topliss-reactive ketones (excluding diaryl/α,β-unsaturated/α-hetero) is 1. The van der Waals surface area contributed by atoms with E-state index in [1.807, 2.05) is 12.1 Å². The molecular weight excluding hydrogens is 359 g/mol. The lowest BCUT2D eigenvalue weighted by molar-refractivity contribution is -0.138. The average Bonchev–Trinajstić information content (AvgIpc) is 3.08. The highest BCUT2D eigenvalue weighted by Gasteiger charge is 2.29. The second-order valence-corrected chi connectivity index (χ2v) is 5.73. The first-order valence-corrected chi connectivity index (χ1v) is 7.96. The number of carbonyl (C=O) groups is 2. The summed E-state index contributed by atoms with van der Waals surface area (Å²) >= 11 is 0. The number of rotatable bonds is 5. The van der Waals surface area contributed by atoms with Crippen molar-refractivity contribution < 1.29 is 27.5 Å². The molecule has 7 heteroatoms.